The molecular formula is C22H29NO4. The van der Waals surface area contributed by atoms with Crippen LogP contribution in [0.2, 0.25) is 0 Å². The summed E-state index contributed by atoms with van der Waals surface area (Å²) in [6.07, 6.45) is 1.25. The highest BCUT2D eigenvalue weighted by molar-refractivity contribution is 5.83. The zero-order valence-corrected chi connectivity index (χ0v) is 16.6. The molecule has 0 aliphatic rings. The molecule has 0 radical (unpaired) electrons. The van der Waals surface area contributed by atoms with Gasteiger partial charge >= 0.3 is 5.97 Å². The second-order valence-electron chi connectivity index (χ2n) is 5.77. The predicted octanol–water partition coefficient (Wildman–Crippen LogP) is 4.31. The molecule has 5 nitrogen and oxygen atoms in total. The van der Waals surface area contributed by atoms with Gasteiger partial charge in [-0.2, -0.15) is 0 Å². The van der Waals surface area contributed by atoms with Crippen molar-refractivity contribution in [3.05, 3.63) is 60.3 Å². The van der Waals surface area contributed by atoms with E-state index in [0.29, 0.717) is 25.0 Å². The van der Waals surface area contributed by atoms with Gasteiger partial charge in [-0.3, -0.25) is 9.90 Å². The predicted molar refractivity (Wildman–Crippen MR) is 108 cm³/mol. The van der Waals surface area contributed by atoms with Gasteiger partial charge in [-0.05, 0) is 22.8 Å². The highest BCUT2D eigenvalue weighted by Gasteiger charge is 2.23. The summed E-state index contributed by atoms with van der Waals surface area (Å²) in [6.45, 7) is 7.87. The number of fused-ring (bicyclic) bond motifs is 1. The van der Waals surface area contributed by atoms with Crippen molar-refractivity contribution < 1.29 is 19.2 Å². The standard InChI is InChI=1S/C20H23NO4.C2H6/c1-15(7-6-12-22)21(2)25-19(20(23)24-3)14-16-10-11-17-8-4-5-9-18(17)13-16;1-2/h4-5,8-13,19H,1,6-7,14H2,2-3H3;1-2H3. The minimum absolute atomic E-state index is 0.361. The molecule has 2 aromatic carbocycles. The number of esters is 1. The van der Waals surface area contributed by atoms with Crippen LogP contribution in [0.25, 0.3) is 10.8 Å². The van der Waals surface area contributed by atoms with Gasteiger partial charge in [0.05, 0.1) is 7.11 Å². The summed E-state index contributed by atoms with van der Waals surface area (Å²) in [4.78, 5) is 28.3. The molecule has 0 spiro atoms. The third kappa shape index (κ3) is 6.87. The summed E-state index contributed by atoms with van der Waals surface area (Å²) in [6, 6.07) is 14.1. The van der Waals surface area contributed by atoms with Crippen LogP contribution in [0.15, 0.2) is 54.7 Å². The Morgan fingerprint density at radius 2 is 1.85 bits per heavy atom. The zero-order chi connectivity index (χ0) is 20.2. The normalized spacial score (nSPS) is 11.1. The Kier molecular flexibility index (Phi) is 9.83. The summed E-state index contributed by atoms with van der Waals surface area (Å²) >= 11 is 0. The maximum Gasteiger partial charge on any atom is 0.338 e. The summed E-state index contributed by atoms with van der Waals surface area (Å²) < 4.78 is 4.86. The Morgan fingerprint density at radius 3 is 2.48 bits per heavy atom. The highest BCUT2D eigenvalue weighted by atomic mass is 16.7. The number of hydrogen-bond acceptors (Lipinski definition) is 5. The van der Waals surface area contributed by atoms with E-state index >= 15 is 0 Å². The van der Waals surface area contributed by atoms with Crippen molar-refractivity contribution in [2.24, 2.45) is 0 Å². The number of carbonyl (C=O) groups is 2. The molecule has 2 rings (SSSR count). The average Bonchev–Trinajstić information content (AvgIpc) is 2.72. The third-order valence-electron chi connectivity index (χ3n) is 3.98. The summed E-state index contributed by atoms with van der Waals surface area (Å²) in [5, 5.41) is 3.68. The molecule has 0 saturated carbocycles. The van der Waals surface area contributed by atoms with Gasteiger partial charge in [-0.15, -0.1) is 0 Å². The average molecular weight is 371 g/mol. The maximum atomic E-state index is 12.1. The fraction of sp³-hybridized carbons (Fsp3) is 0.364. The SMILES string of the molecule is C=C(CCC=O)N(C)OC(Cc1ccc2ccccc2c1)C(=O)OC.CC. The molecule has 0 N–H and O–H groups in total. The van der Waals surface area contributed by atoms with Gasteiger partial charge in [0.25, 0.3) is 0 Å². The first-order chi connectivity index (χ1) is 13.0. The van der Waals surface area contributed by atoms with Gasteiger partial charge < -0.3 is 9.53 Å². The van der Waals surface area contributed by atoms with E-state index in [-0.39, 0.29) is 0 Å². The molecule has 0 aliphatic heterocycles. The summed E-state index contributed by atoms with van der Waals surface area (Å²) in [7, 11) is 3.00. The molecule has 0 bridgehead atoms. The molecule has 1 atom stereocenters. The Morgan fingerprint density at radius 1 is 1.19 bits per heavy atom. The van der Waals surface area contributed by atoms with Crippen molar-refractivity contribution in [3.8, 4) is 0 Å². The third-order valence-corrected chi connectivity index (χ3v) is 3.98. The molecule has 0 saturated heterocycles. The number of nitrogens with zero attached hydrogens (tertiary/aromatic N) is 1. The number of carbonyl (C=O) groups excluding carboxylic acids is 2. The van der Waals surface area contributed by atoms with Gasteiger partial charge in [0, 0.05) is 25.6 Å². The Labute approximate surface area is 161 Å². The van der Waals surface area contributed by atoms with Gasteiger partial charge in [0.1, 0.15) is 6.29 Å². The van der Waals surface area contributed by atoms with Crippen LogP contribution in [0.1, 0.15) is 32.3 Å². The van der Waals surface area contributed by atoms with Crippen molar-refractivity contribution in [1.29, 1.82) is 0 Å². The van der Waals surface area contributed by atoms with Gasteiger partial charge in [0.2, 0.25) is 0 Å². The topological polar surface area (TPSA) is 55.8 Å². The van der Waals surface area contributed by atoms with E-state index < -0.39 is 12.1 Å². The minimum atomic E-state index is -0.788. The second kappa shape index (κ2) is 11.9. The number of hydroxylamine groups is 2. The molecule has 0 aromatic heterocycles. The van der Waals surface area contributed by atoms with Crippen molar-refractivity contribution in [3.63, 3.8) is 0 Å². The summed E-state index contributed by atoms with van der Waals surface area (Å²) in [5.74, 6) is -0.455. The van der Waals surface area contributed by atoms with Crippen molar-refractivity contribution in [1.82, 2.24) is 5.06 Å². The number of ether oxygens (including phenoxy) is 1. The lowest BCUT2D eigenvalue weighted by molar-refractivity contribution is -0.190. The molecule has 0 fully saturated rings. The molecular weight excluding hydrogens is 342 g/mol. The molecule has 146 valence electrons. The van der Waals surface area contributed by atoms with E-state index in [2.05, 4.69) is 6.58 Å². The van der Waals surface area contributed by atoms with Gasteiger partial charge in [-0.25, -0.2) is 4.79 Å². The van der Waals surface area contributed by atoms with Crippen LogP contribution in [0.4, 0.5) is 0 Å². The largest absolute Gasteiger partial charge is 0.467 e. The smallest absolute Gasteiger partial charge is 0.338 e. The van der Waals surface area contributed by atoms with E-state index in [1.807, 2.05) is 56.3 Å². The Hall–Kier alpha value is -2.66. The number of rotatable bonds is 9. The van der Waals surface area contributed by atoms with Crippen LogP contribution in [0, 0.1) is 0 Å². The van der Waals surface area contributed by atoms with E-state index in [4.69, 9.17) is 9.57 Å². The lowest BCUT2D eigenvalue weighted by Gasteiger charge is -2.25. The lowest BCUT2D eigenvalue weighted by Crippen LogP contribution is -2.34. The number of hydrogen-bond donors (Lipinski definition) is 0. The summed E-state index contributed by atoms with van der Waals surface area (Å²) in [5.41, 5.74) is 1.60. The molecule has 0 amide bonds. The van der Waals surface area contributed by atoms with E-state index in [1.165, 1.54) is 12.2 Å². The number of allylic oxidation sites excluding steroid dienone is 1. The molecule has 2 aromatic rings. The van der Waals surface area contributed by atoms with Crippen LogP contribution >= 0.6 is 0 Å². The van der Waals surface area contributed by atoms with E-state index in [1.54, 1.807) is 7.05 Å². The van der Waals surface area contributed by atoms with Crippen LogP contribution in [0.5, 0.6) is 0 Å². The zero-order valence-electron chi connectivity index (χ0n) is 16.6. The number of aldehydes is 1. The van der Waals surface area contributed by atoms with Crippen LogP contribution in [-0.4, -0.2) is 37.6 Å². The maximum absolute atomic E-state index is 12.1. The molecule has 1 unspecified atom stereocenters. The first kappa shape index (κ1) is 22.4. The van der Waals surface area contributed by atoms with Crippen LogP contribution < -0.4 is 0 Å². The van der Waals surface area contributed by atoms with Crippen molar-refractivity contribution in [2.45, 2.75) is 39.2 Å². The first-order valence-corrected chi connectivity index (χ1v) is 9.12. The van der Waals surface area contributed by atoms with Gasteiger partial charge in [-0.1, -0.05) is 62.9 Å². The first-order valence-electron chi connectivity index (χ1n) is 9.12. The van der Waals surface area contributed by atoms with Crippen LogP contribution in [-0.2, 0) is 25.6 Å². The van der Waals surface area contributed by atoms with E-state index in [9.17, 15) is 9.59 Å². The quantitative estimate of drug-likeness (QED) is 0.374. The van der Waals surface area contributed by atoms with Gasteiger partial charge in [0.15, 0.2) is 6.10 Å². The monoisotopic (exact) mass is 371 g/mol. The van der Waals surface area contributed by atoms with Crippen molar-refractivity contribution in [2.75, 3.05) is 14.2 Å². The molecule has 27 heavy (non-hydrogen) atoms. The Balaban J connectivity index is 0.00000176. The molecule has 0 aliphatic carbocycles. The fourth-order valence-corrected chi connectivity index (χ4v) is 2.52. The fourth-order valence-electron chi connectivity index (χ4n) is 2.52. The lowest BCUT2D eigenvalue weighted by atomic mass is 10.0. The molecule has 0 heterocycles. The Bertz CT molecular complexity index is 757. The minimum Gasteiger partial charge on any atom is -0.467 e. The number of methoxy groups -OCH3 is 1. The van der Waals surface area contributed by atoms with Crippen LogP contribution in [0.3, 0.4) is 0 Å². The highest BCUT2D eigenvalue weighted by Crippen LogP contribution is 2.19. The second-order valence-corrected chi connectivity index (χ2v) is 5.77. The van der Waals surface area contributed by atoms with Crippen molar-refractivity contribution >= 4 is 23.0 Å². The number of benzene rings is 2. The molecule has 5 heteroatoms. The van der Waals surface area contributed by atoms with E-state index in [0.717, 1.165) is 22.6 Å².